The molecule has 4 nitrogen and oxygen atoms in total. The molecular formula is C18H18FNO3. The Morgan fingerprint density at radius 3 is 2.48 bits per heavy atom. The van der Waals surface area contributed by atoms with Gasteiger partial charge in [0.1, 0.15) is 5.82 Å². The molecule has 1 N–H and O–H groups in total. The van der Waals surface area contributed by atoms with Crippen LogP contribution in [0.25, 0.3) is 0 Å². The summed E-state index contributed by atoms with van der Waals surface area (Å²) < 4.78 is 18.2. The first kappa shape index (κ1) is 16.7. The number of benzene rings is 2. The van der Waals surface area contributed by atoms with E-state index in [1.807, 2.05) is 19.1 Å². The summed E-state index contributed by atoms with van der Waals surface area (Å²) in [5, 5.41) is 2.53. The Hall–Kier alpha value is -2.69. The summed E-state index contributed by atoms with van der Waals surface area (Å²) in [5.41, 5.74) is 3.22. The third kappa shape index (κ3) is 4.39. The van der Waals surface area contributed by atoms with E-state index in [9.17, 15) is 14.0 Å². The van der Waals surface area contributed by atoms with Gasteiger partial charge in [-0.1, -0.05) is 23.8 Å². The summed E-state index contributed by atoms with van der Waals surface area (Å²) in [6.07, 6.45) is 0. The fourth-order valence-corrected chi connectivity index (χ4v) is 2.08. The van der Waals surface area contributed by atoms with E-state index >= 15 is 0 Å². The lowest BCUT2D eigenvalue weighted by Crippen LogP contribution is -2.21. The van der Waals surface area contributed by atoms with Crippen LogP contribution in [-0.4, -0.2) is 18.5 Å². The first-order chi connectivity index (χ1) is 10.9. The fourth-order valence-electron chi connectivity index (χ4n) is 2.08. The van der Waals surface area contributed by atoms with E-state index in [2.05, 4.69) is 5.32 Å². The highest BCUT2D eigenvalue weighted by atomic mass is 19.1. The van der Waals surface area contributed by atoms with Crippen molar-refractivity contribution in [1.29, 1.82) is 0 Å². The highest BCUT2D eigenvalue weighted by Crippen LogP contribution is 2.16. The second kappa shape index (κ2) is 7.05. The molecule has 0 aliphatic carbocycles. The second-order valence-electron chi connectivity index (χ2n) is 5.40. The van der Waals surface area contributed by atoms with Crippen LogP contribution in [-0.2, 0) is 9.53 Å². The smallest absolute Gasteiger partial charge is 0.338 e. The zero-order chi connectivity index (χ0) is 17.0. The Kier molecular flexibility index (Phi) is 5.11. The van der Waals surface area contributed by atoms with Crippen molar-refractivity contribution in [2.45, 2.75) is 20.8 Å². The van der Waals surface area contributed by atoms with Crippen molar-refractivity contribution in [2.24, 2.45) is 0 Å². The Balaban J connectivity index is 1.97. The van der Waals surface area contributed by atoms with Gasteiger partial charge in [-0.3, -0.25) is 4.79 Å². The Morgan fingerprint density at radius 1 is 1.04 bits per heavy atom. The van der Waals surface area contributed by atoms with E-state index in [-0.39, 0.29) is 0 Å². The van der Waals surface area contributed by atoms with Gasteiger partial charge in [0.2, 0.25) is 0 Å². The summed E-state index contributed by atoms with van der Waals surface area (Å²) >= 11 is 0. The molecule has 23 heavy (non-hydrogen) atoms. The summed E-state index contributed by atoms with van der Waals surface area (Å²) in [7, 11) is 0. The van der Waals surface area contributed by atoms with Crippen molar-refractivity contribution < 1.29 is 18.7 Å². The lowest BCUT2D eigenvalue weighted by atomic mass is 10.1. The number of rotatable bonds is 4. The van der Waals surface area contributed by atoms with Crippen molar-refractivity contribution in [3.8, 4) is 0 Å². The topological polar surface area (TPSA) is 55.4 Å². The van der Waals surface area contributed by atoms with Crippen LogP contribution in [0, 0.1) is 26.6 Å². The number of hydrogen-bond donors (Lipinski definition) is 1. The first-order valence-electron chi connectivity index (χ1n) is 7.17. The molecule has 0 aliphatic rings. The molecule has 0 radical (unpaired) electrons. The highest BCUT2D eigenvalue weighted by molar-refractivity contribution is 5.96. The van der Waals surface area contributed by atoms with Crippen LogP contribution in [0.15, 0.2) is 36.4 Å². The second-order valence-corrected chi connectivity index (χ2v) is 5.40. The van der Waals surface area contributed by atoms with Gasteiger partial charge in [0.15, 0.2) is 6.61 Å². The van der Waals surface area contributed by atoms with Crippen LogP contribution in [0.4, 0.5) is 10.1 Å². The minimum Gasteiger partial charge on any atom is -0.452 e. The lowest BCUT2D eigenvalue weighted by molar-refractivity contribution is -0.119. The van der Waals surface area contributed by atoms with E-state index in [4.69, 9.17) is 4.74 Å². The molecule has 0 bridgehead atoms. The average Bonchev–Trinajstić information content (AvgIpc) is 2.51. The Morgan fingerprint density at radius 2 is 1.74 bits per heavy atom. The number of esters is 1. The highest BCUT2D eigenvalue weighted by Gasteiger charge is 2.13. The molecule has 0 saturated carbocycles. The van der Waals surface area contributed by atoms with E-state index in [1.165, 1.54) is 12.1 Å². The molecule has 0 saturated heterocycles. The predicted molar refractivity (Wildman–Crippen MR) is 86.0 cm³/mol. The van der Waals surface area contributed by atoms with Crippen LogP contribution < -0.4 is 5.32 Å². The number of hydrogen-bond acceptors (Lipinski definition) is 3. The quantitative estimate of drug-likeness (QED) is 0.878. The fraction of sp³-hybridized carbons (Fsp3) is 0.222. The molecular weight excluding hydrogens is 297 g/mol. The zero-order valence-electron chi connectivity index (χ0n) is 13.3. The first-order valence-corrected chi connectivity index (χ1v) is 7.17. The largest absolute Gasteiger partial charge is 0.452 e. The SMILES string of the molecule is Cc1ccc(C)c(C(=O)OCC(=O)Nc2cc(F)ccc2C)c1. The van der Waals surface area contributed by atoms with Gasteiger partial charge in [-0.25, -0.2) is 9.18 Å². The van der Waals surface area contributed by atoms with Gasteiger partial charge >= 0.3 is 5.97 Å². The molecule has 0 atom stereocenters. The van der Waals surface area contributed by atoms with E-state index < -0.39 is 24.3 Å². The maximum absolute atomic E-state index is 13.2. The van der Waals surface area contributed by atoms with Crippen LogP contribution in [0.5, 0.6) is 0 Å². The Labute approximate surface area is 134 Å². The molecule has 120 valence electrons. The van der Waals surface area contributed by atoms with E-state index in [0.717, 1.165) is 16.7 Å². The van der Waals surface area contributed by atoms with Gasteiger partial charge < -0.3 is 10.1 Å². The monoisotopic (exact) mass is 315 g/mol. The van der Waals surface area contributed by atoms with Crippen LogP contribution >= 0.6 is 0 Å². The summed E-state index contributed by atoms with van der Waals surface area (Å²) in [5.74, 6) is -1.52. The number of aryl methyl sites for hydroxylation is 3. The number of carbonyl (C=O) groups excluding carboxylic acids is 2. The van der Waals surface area contributed by atoms with Crippen molar-refractivity contribution in [3.63, 3.8) is 0 Å². The molecule has 0 spiro atoms. The number of nitrogens with one attached hydrogen (secondary N) is 1. The van der Waals surface area contributed by atoms with Crippen LogP contribution in [0.1, 0.15) is 27.0 Å². The predicted octanol–water partition coefficient (Wildman–Crippen LogP) is 3.55. The van der Waals surface area contributed by atoms with Gasteiger partial charge in [0, 0.05) is 5.69 Å². The van der Waals surface area contributed by atoms with E-state index in [1.54, 1.807) is 26.0 Å². The standard InChI is InChI=1S/C18H18FNO3/c1-11-4-5-12(2)15(8-11)18(22)23-10-17(21)20-16-9-14(19)7-6-13(16)3/h4-9H,10H2,1-3H3,(H,20,21). The molecule has 2 aromatic rings. The summed E-state index contributed by atoms with van der Waals surface area (Å²) in [6.45, 7) is 4.99. The normalized spacial score (nSPS) is 10.3. The molecule has 2 rings (SSSR count). The number of anilines is 1. The third-order valence-electron chi connectivity index (χ3n) is 3.42. The van der Waals surface area contributed by atoms with Gasteiger partial charge in [-0.05, 0) is 50.1 Å². The minimum absolute atomic E-state index is 0.359. The molecule has 5 heteroatoms. The summed E-state index contributed by atoms with van der Waals surface area (Å²) in [4.78, 5) is 23.9. The van der Waals surface area contributed by atoms with Gasteiger partial charge in [0.25, 0.3) is 5.91 Å². The van der Waals surface area contributed by atoms with Crippen molar-refractivity contribution in [1.82, 2.24) is 0 Å². The van der Waals surface area contributed by atoms with Gasteiger partial charge in [0.05, 0.1) is 5.56 Å². The molecule has 1 amide bonds. The van der Waals surface area contributed by atoms with Gasteiger partial charge in [-0.15, -0.1) is 0 Å². The molecule has 0 unspecified atom stereocenters. The number of amides is 1. The number of ether oxygens (including phenoxy) is 1. The van der Waals surface area contributed by atoms with E-state index in [0.29, 0.717) is 11.3 Å². The van der Waals surface area contributed by atoms with Crippen molar-refractivity contribution in [2.75, 3.05) is 11.9 Å². The maximum atomic E-state index is 13.2. The average molecular weight is 315 g/mol. The Bertz CT molecular complexity index is 756. The van der Waals surface area contributed by atoms with Crippen molar-refractivity contribution >= 4 is 17.6 Å². The molecule has 0 heterocycles. The minimum atomic E-state index is -0.558. The van der Waals surface area contributed by atoms with Crippen LogP contribution in [0.2, 0.25) is 0 Å². The van der Waals surface area contributed by atoms with Gasteiger partial charge in [-0.2, -0.15) is 0 Å². The number of halogens is 1. The van der Waals surface area contributed by atoms with Crippen LogP contribution in [0.3, 0.4) is 0 Å². The molecule has 0 fully saturated rings. The third-order valence-corrected chi connectivity index (χ3v) is 3.42. The molecule has 0 aromatic heterocycles. The van der Waals surface area contributed by atoms with Crippen molar-refractivity contribution in [3.05, 3.63) is 64.5 Å². The number of carbonyl (C=O) groups is 2. The molecule has 2 aromatic carbocycles. The lowest BCUT2D eigenvalue weighted by Gasteiger charge is -2.10. The maximum Gasteiger partial charge on any atom is 0.338 e. The molecule has 0 aliphatic heterocycles. The zero-order valence-corrected chi connectivity index (χ0v) is 13.3. The summed E-state index contributed by atoms with van der Waals surface area (Å²) in [6, 6.07) is 9.53.